The lowest BCUT2D eigenvalue weighted by atomic mass is 10.1. The van der Waals surface area contributed by atoms with Crippen LogP contribution in [0.5, 0.6) is 5.75 Å². The van der Waals surface area contributed by atoms with E-state index >= 15 is 0 Å². The highest BCUT2D eigenvalue weighted by atomic mass is 32.2. The van der Waals surface area contributed by atoms with Gasteiger partial charge in [0.2, 0.25) is 0 Å². The van der Waals surface area contributed by atoms with Gasteiger partial charge in [0.1, 0.15) is 0 Å². The van der Waals surface area contributed by atoms with Crippen molar-refractivity contribution in [2.75, 3.05) is 17.8 Å². The molecule has 5 nitrogen and oxygen atoms in total. The Kier molecular flexibility index (Phi) is 14.2. The Labute approximate surface area is 246 Å². The van der Waals surface area contributed by atoms with Gasteiger partial charge in [-0.05, 0) is 48.9 Å². The molecule has 1 heterocycles. The molecular formula is C34H48N2O3S. The monoisotopic (exact) mass is 564 g/mol. The molecule has 0 aliphatic carbocycles. The van der Waals surface area contributed by atoms with Gasteiger partial charge in [0.25, 0.3) is 5.91 Å². The Morgan fingerprint density at radius 2 is 1.48 bits per heavy atom. The molecule has 0 radical (unpaired) electrons. The number of Topliss-reactive ketones (excluding diaryl/α,β-unsaturated/α-hetero) is 1. The molecule has 2 aromatic rings. The van der Waals surface area contributed by atoms with Gasteiger partial charge in [0.05, 0.1) is 23.7 Å². The third kappa shape index (κ3) is 10.7. The number of thioether (sulfide) groups is 1. The number of carbonyl (C=O) groups is 2. The van der Waals surface area contributed by atoms with E-state index in [0.29, 0.717) is 35.7 Å². The Bertz CT molecular complexity index is 1110. The van der Waals surface area contributed by atoms with Gasteiger partial charge in [0, 0.05) is 18.3 Å². The van der Waals surface area contributed by atoms with Gasteiger partial charge < -0.3 is 15.0 Å². The number of ether oxygens (including phenoxy) is 1. The first-order valence-corrected chi connectivity index (χ1v) is 16.2. The second kappa shape index (κ2) is 17.9. The Balaban J connectivity index is 1.50. The molecule has 0 saturated heterocycles. The number of rotatable bonds is 19. The molecule has 0 saturated carbocycles. The van der Waals surface area contributed by atoms with Gasteiger partial charge in [0.15, 0.2) is 11.5 Å². The fourth-order valence-corrected chi connectivity index (χ4v) is 5.84. The summed E-state index contributed by atoms with van der Waals surface area (Å²) in [6.45, 7) is 7.10. The van der Waals surface area contributed by atoms with E-state index in [-0.39, 0.29) is 11.7 Å². The third-order valence-electron chi connectivity index (χ3n) is 7.34. The lowest BCUT2D eigenvalue weighted by molar-refractivity contribution is 0.100. The molecule has 0 fully saturated rings. The zero-order valence-electron chi connectivity index (χ0n) is 24.8. The minimum absolute atomic E-state index is 0.0742. The van der Waals surface area contributed by atoms with Crippen LogP contribution in [0, 0.1) is 0 Å². The Hall–Kier alpha value is -2.73. The lowest BCUT2D eigenvalue weighted by Crippen LogP contribution is -2.19. The second-order valence-electron chi connectivity index (χ2n) is 10.8. The number of hydrogen-bond acceptors (Lipinski definition) is 5. The number of allylic oxidation sites excluding steroid dienone is 1. The van der Waals surface area contributed by atoms with Crippen molar-refractivity contribution in [1.29, 1.82) is 0 Å². The van der Waals surface area contributed by atoms with Gasteiger partial charge in [-0.1, -0.05) is 102 Å². The van der Waals surface area contributed by atoms with Crippen LogP contribution in [0.2, 0.25) is 0 Å². The molecule has 218 valence electrons. The highest BCUT2D eigenvalue weighted by Gasteiger charge is 2.19. The molecule has 1 N–H and O–H groups in total. The van der Waals surface area contributed by atoms with Crippen molar-refractivity contribution >= 4 is 29.1 Å². The first kappa shape index (κ1) is 31.8. The minimum Gasteiger partial charge on any atom is -0.491 e. The van der Waals surface area contributed by atoms with Gasteiger partial charge >= 0.3 is 0 Å². The van der Waals surface area contributed by atoms with Gasteiger partial charge in [-0.15, -0.1) is 11.8 Å². The number of hydrogen-bond donors (Lipinski definition) is 1. The molecule has 0 spiro atoms. The number of amides is 1. The van der Waals surface area contributed by atoms with Crippen LogP contribution in [0.1, 0.15) is 124 Å². The van der Waals surface area contributed by atoms with Crippen LogP contribution in [-0.4, -0.2) is 29.1 Å². The van der Waals surface area contributed by atoms with Crippen LogP contribution >= 0.6 is 11.8 Å². The molecule has 0 atom stereocenters. The second-order valence-corrected chi connectivity index (χ2v) is 12.0. The summed E-state index contributed by atoms with van der Waals surface area (Å²) in [6.07, 6.45) is 17.5. The number of ketones is 1. The summed E-state index contributed by atoms with van der Waals surface area (Å²) in [4.78, 5) is 29.3. The zero-order chi connectivity index (χ0) is 28.6. The fraction of sp³-hybridized carbons (Fsp3) is 0.529. The predicted octanol–water partition coefficient (Wildman–Crippen LogP) is 9.59. The maximum Gasteiger partial charge on any atom is 0.256 e. The lowest BCUT2D eigenvalue weighted by Gasteiger charge is -2.18. The molecule has 1 aliphatic heterocycles. The summed E-state index contributed by atoms with van der Waals surface area (Å²) in [7, 11) is 0. The van der Waals surface area contributed by atoms with Crippen LogP contribution in [0.25, 0.3) is 0 Å². The predicted molar refractivity (Wildman–Crippen MR) is 169 cm³/mol. The molecule has 2 aromatic carbocycles. The first-order chi connectivity index (χ1) is 19.5. The van der Waals surface area contributed by atoms with E-state index in [1.807, 2.05) is 30.3 Å². The number of nitrogens with one attached hydrogen (secondary N) is 1. The number of nitrogens with zero attached hydrogens (tertiary/aromatic N) is 1. The van der Waals surface area contributed by atoms with E-state index < -0.39 is 0 Å². The van der Waals surface area contributed by atoms with Gasteiger partial charge in [-0.25, -0.2) is 0 Å². The molecule has 0 aromatic heterocycles. The molecule has 1 aliphatic rings. The van der Waals surface area contributed by atoms with E-state index in [1.165, 1.54) is 76.0 Å². The SMILES string of the molecule is CCCCCCCCCCCCCCOc1c(NC(=O)c2ccccc2CN2C=C(C)SC2)cccc1C(C)=O. The maximum absolute atomic E-state index is 13.4. The van der Waals surface area contributed by atoms with Crippen LogP contribution in [0.3, 0.4) is 0 Å². The highest BCUT2D eigenvalue weighted by molar-refractivity contribution is 8.03. The summed E-state index contributed by atoms with van der Waals surface area (Å²) in [5.74, 6) is 1.09. The van der Waals surface area contributed by atoms with Crippen molar-refractivity contribution in [2.24, 2.45) is 0 Å². The largest absolute Gasteiger partial charge is 0.491 e. The van der Waals surface area contributed by atoms with Crippen molar-refractivity contribution in [3.05, 3.63) is 70.3 Å². The first-order valence-electron chi connectivity index (χ1n) is 15.2. The minimum atomic E-state index is -0.195. The molecule has 40 heavy (non-hydrogen) atoms. The Morgan fingerprint density at radius 3 is 2.10 bits per heavy atom. The van der Waals surface area contributed by atoms with E-state index in [2.05, 4.69) is 30.3 Å². The summed E-state index contributed by atoms with van der Waals surface area (Å²) >= 11 is 1.80. The van der Waals surface area contributed by atoms with Gasteiger partial charge in [-0.2, -0.15) is 0 Å². The van der Waals surface area contributed by atoms with Crippen molar-refractivity contribution < 1.29 is 14.3 Å². The van der Waals surface area contributed by atoms with Crippen LogP contribution in [-0.2, 0) is 6.54 Å². The smallest absolute Gasteiger partial charge is 0.256 e. The van der Waals surface area contributed by atoms with Crippen LogP contribution in [0.4, 0.5) is 5.69 Å². The number of unbranched alkanes of at least 4 members (excludes halogenated alkanes) is 11. The van der Waals surface area contributed by atoms with E-state index in [1.54, 1.807) is 23.9 Å². The molecule has 0 bridgehead atoms. The summed E-state index contributed by atoms with van der Waals surface area (Å²) in [6, 6.07) is 13.1. The average molecular weight is 565 g/mol. The number of para-hydroxylation sites is 1. The summed E-state index contributed by atoms with van der Waals surface area (Å²) in [5, 5.41) is 3.04. The highest BCUT2D eigenvalue weighted by Crippen LogP contribution is 2.31. The standard InChI is InChI=1S/C34H48N2O3S/c1-4-5-6-7-8-9-10-11-12-13-14-17-23-39-33-30(28(3)37)21-18-22-32(33)35-34(38)31-20-16-15-19-29(31)25-36-24-27(2)40-26-36/h15-16,18-22,24H,4-14,17,23,25-26H2,1-3H3,(H,35,38). The molecular weight excluding hydrogens is 516 g/mol. The number of benzene rings is 2. The van der Waals surface area contributed by atoms with E-state index in [4.69, 9.17) is 4.74 Å². The van der Waals surface area contributed by atoms with E-state index in [0.717, 1.165) is 24.3 Å². The quantitative estimate of drug-likeness (QED) is 0.136. The average Bonchev–Trinajstić information content (AvgIpc) is 3.36. The van der Waals surface area contributed by atoms with Crippen molar-refractivity contribution in [1.82, 2.24) is 4.90 Å². The normalized spacial score (nSPS) is 12.9. The third-order valence-corrected chi connectivity index (χ3v) is 8.37. The zero-order valence-corrected chi connectivity index (χ0v) is 25.6. The van der Waals surface area contributed by atoms with Crippen molar-refractivity contribution in [2.45, 2.75) is 104 Å². The van der Waals surface area contributed by atoms with Crippen molar-refractivity contribution in [3.8, 4) is 5.75 Å². The Morgan fingerprint density at radius 1 is 0.850 bits per heavy atom. The van der Waals surface area contributed by atoms with Crippen LogP contribution in [0.15, 0.2) is 53.6 Å². The maximum atomic E-state index is 13.4. The topological polar surface area (TPSA) is 58.6 Å². The number of anilines is 1. The number of carbonyl (C=O) groups excluding carboxylic acids is 2. The van der Waals surface area contributed by atoms with E-state index in [9.17, 15) is 9.59 Å². The summed E-state index contributed by atoms with van der Waals surface area (Å²) in [5.41, 5.74) is 2.64. The van der Waals surface area contributed by atoms with Gasteiger partial charge in [-0.3, -0.25) is 9.59 Å². The fourth-order valence-electron chi connectivity index (χ4n) is 5.08. The summed E-state index contributed by atoms with van der Waals surface area (Å²) < 4.78 is 6.15. The molecule has 0 unspecified atom stereocenters. The molecule has 1 amide bonds. The molecule has 3 rings (SSSR count). The van der Waals surface area contributed by atoms with Crippen molar-refractivity contribution in [3.63, 3.8) is 0 Å². The van der Waals surface area contributed by atoms with Crippen LogP contribution < -0.4 is 10.1 Å². The molecule has 6 heteroatoms.